The number of benzene rings is 2. The number of hydrogen-bond donors (Lipinski definition) is 2. The molecule has 0 fully saturated rings. The van der Waals surface area contributed by atoms with E-state index in [0.717, 1.165) is 10.6 Å². The molecule has 0 bridgehead atoms. The number of rotatable bonds is 9. The molecule has 2 N–H and O–H groups in total. The van der Waals surface area contributed by atoms with Gasteiger partial charge in [-0.2, -0.15) is 0 Å². The highest BCUT2D eigenvalue weighted by Crippen LogP contribution is 2.25. The summed E-state index contributed by atoms with van der Waals surface area (Å²) < 4.78 is 5.54. The summed E-state index contributed by atoms with van der Waals surface area (Å²) in [4.78, 5) is 27.7. The molecule has 6 nitrogen and oxygen atoms in total. The molecule has 0 aromatic heterocycles. The fourth-order valence-electron chi connectivity index (χ4n) is 2.59. The number of ether oxygens (including phenoxy) is 1. The minimum Gasteiger partial charge on any atom is -0.492 e. The van der Waals surface area contributed by atoms with Gasteiger partial charge in [0.15, 0.2) is 0 Å². The molecule has 0 radical (unpaired) electrons. The molecule has 2 amide bonds. The van der Waals surface area contributed by atoms with E-state index in [4.69, 9.17) is 4.74 Å². The predicted molar refractivity (Wildman–Crippen MR) is 115 cm³/mol. The minimum atomic E-state index is -0.490. The second kappa shape index (κ2) is 10.7. The number of carbonyl (C=O) groups excluding carboxylic acids is 2. The largest absolute Gasteiger partial charge is 0.492 e. The van der Waals surface area contributed by atoms with E-state index in [1.165, 1.54) is 0 Å². The van der Waals surface area contributed by atoms with Crippen molar-refractivity contribution in [2.75, 3.05) is 37.1 Å². The first-order valence-corrected chi connectivity index (χ1v) is 10.3. The normalized spacial score (nSPS) is 11.8. The molecule has 1 atom stereocenters. The van der Waals surface area contributed by atoms with Crippen molar-refractivity contribution in [3.8, 4) is 5.75 Å². The topological polar surface area (TPSA) is 70.7 Å². The Morgan fingerprint density at radius 2 is 1.71 bits per heavy atom. The standard InChI is InChI=1S/C21H27N3O3S/c1-5-27-18-12-8-6-10-16(18)23-21(26)15(2)24(3)14-20(25)22-17-11-7-9-13-19(17)28-4/h6-13,15H,5,14H2,1-4H3,(H,22,25)(H,23,26). The van der Waals surface area contributed by atoms with Crippen molar-refractivity contribution in [2.45, 2.75) is 24.8 Å². The van der Waals surface area contributed by atoms with E-state index in [1.807, 2.05) is 55.6 Å². The smallest absolute Gasteiger partial charge is 0.241 e. The summed E-state index contributed by atoms with van der Waals surface area (Å²) in [5, 5.41) is 5.79. The lowest BCUT2D eigenvalue weighted by Crippen LogP contribution is -2.43. The molecule has 1 unspecified atom stereocenters. The summed E-state index contributed by atoms with van der Waals surface area (Å²) in [6, 6.07) is 14.4. The monoisotopic (exact) mass is 401 g/mol. The van der Waals surface area contributed by atoms with Crippen LogP contribution in [0.2, 0.25) is 0 Å². The molecule has 0 heterocycles. The van der Waals surface area contributed by atoms with E-state index in [9.17, 15) is 9.59 Å². The number of thioether (sulfide) groups is 1. The lowest BCUT2D eigenvalue weighted by atomic mass is 10.2. The summed E-state index contributed by atoms with van der Waals surface area (Å²) in [6.45, 7) is 4.27. The van der Waals surface area contributed by atoms with Gasteiger partial charge in [-0.15, -0.1) is 11.8 Å². The van der Waals surface area contributed by atoms with E-state index in [2.05, 4.69) is 10.6 Å². The molecular weight excluding hydrogens is 374 g/mol. The van der Waals surface area contributed by atoms with E-state index in [1.54, 1.807) is 36.7 Å². The summed E-state index contributed by atoms with van der Waals surface area (Å²) in [5.74, 6) is 0.255. The molecule has 2 rings (SSSR count). The first-order chi connectivity index (χ1) is 13.5. The lowest BCUT2D eigenvalue weighted by molar-refractivity contribution is -0.122. The average molecular weight is 402 g/mol. The Hall–Kier alpha value is -2.51. The quantitative estimate of drug-likeness (QED) is 0.627. The van der Waals surface area contributed by atoms with Crippen LogP contribution in [0.1, 0.15) is 13.8 Å². The van der Waals surface area contributed by atoms with Crippen LogP contribution in [0.25, 0.3) is 0 Å². The average Bonchev–Trinajstić information content (AvgIpc) is 2.69. The van der Waals surface area contributed by atoms with Gasteiger partial charge in [0.05, 0.1) is 30.6 Å². The molecule has 0 saturated heterocycles. The van der Waals surface area contributed by atoms with E-state index in [0.29, 0.717) is 18.0 Å². The molecule has 2 aromatic rings. The molecule has 0 aliphatic carbocycles. The number of para-hydroxylation sites is 3. The van der Waals surface area contributed by atoms with Crippen LogP contribution in [0, 0.1) is 0 Å². The maximum Gasteiger partial charge on any atom is 0.241 e. The van der Waals surface area contributed by atoms with Crippen molar-refractivity contribution in [1.82, 2.24) is 4.90 Å². The van der Waals surface area contributed by atoms with E-state index >= 15 is 0 Å². The van der Waals surface area contributed by atoms with Crippen molar-refractivity contribution in [3.05, 3.63) is 48.5 Å². The molecule has 0 saturated carbocycles. The van der Waals surface area contributed by atoms with E-state index in [-0.39, 0.29) is 18.4 Å². The Bertz CT molecular complexity index is 813. The van der Waals surface area contributed by atoms with Crippen LogP contribution >= 0.6 is 11.8 Å². The first-order valence-electron chi connectivity index (χ1n) is 9.12. The van der Waals surface area contributed by atoms with Crippen molar-refractivity contribution < 1.29 is 14.3 Å². The predicted octanol–water partition coefficient (Wildman–Crippen LogP) is 3.70. The molecule has 2 aromatic carbocycles. The Balaban J connectivity index is 1.95. The van der Waals surface area contributed by atoms with Crippen LogP contribution in [-0.2, 0) is 9.59 Å². The molecule has 0 spiro atoms. The third kappa shape index (κ3) is 6.00. The number of nitrogens with zero attached hydrogens (tertiary/aromatic N) is 1. The molecule has 7 heteroatoms. The van der Waals surface area contributed by atoms with Gasteiger partial charge in [0.1, 0.15) is 5.75 Å². The van der Waals surface area contributed by atoms with Crippen LogP contribution in [0.15, 0.2) is 53.4 Å². The Morgan fingerprint density at radius 1 is 1.07 bits per heavy atom. The van der Waals surface area contributed by atoms with Crippen LogP contribution < -0.4 is 15.4 Å². The lowest BCUT2D eigenvalue weighted by Gasteiger charge is -2.24. The fourth-order valence-corrected chi connectivity index (χ4v) is 3.14. The van der Waals surface area contributed by atoms with Gasteiger partial charge in [0.2, 0.25) is 11.8 Å². The van der Waals surface area contributed by atoms with Crippen molar-refractivity contribution in [2.24, 2.45) is 0 Å². The van der Waals surface area contributed by atoms with Crippen molar-refractivity contribution in [3.63, 3.8) is 0 Å². The second-order valence-corrected chi connectivity index (χ2v) is 7.11. The summed E-state index contributed by atoms with van der Waals surface area (Å²) >= 11 is 1.57. The Kier molecular flexibility index (Phi) is 8.35. The highest BCUT2D eigenvalue weighted by Gasteiger charge is 2.21. The third-order valence-electron chi connectivity index (χ3n) is 4.26. The zero-order valence-electron chi connectivity index (χ0n) is 16.7. The number of hydrogen-bond acceptors (Lipinski definition) is 5. The zero-order valence-corrected chi connectivity index (χ0v) is 17.5. The Labute approximate surface area is 170 Å². The fraction of sp³-hybridized carbons (Fsp3) is 0.333. The molecule has 0 aliphatic rings. The van der Waals surface area contributed by atoms with Gasteiger partial charge in [-0.3, -0.25) is 14.5 Å². The van der Waals surface area contributed by atoms with Crippen molar-refractivity contribution in [1.29, 1.82) is 0 Å². The number of carbonyl (C=O) groups is 2. The maximum atomic E-state index is 12.6. The van der Waals surface area contributed by atoms with Gasteiger partial charge in [0.25, 0.3) is 0 Å². The third-order valence-corrected chi connectivity index (χ3v) is 5.06. The van der Waals surface area contributed by atoms with Crippen LogP contribution in [0.5, 0.6) is 5.75 Å². The van der Waals surface area contributed by atoms with Crippen LogP contribution in [-0.4, -0.2) is 49.2 Å². The molecule has 0 aliphatic heterocycles. The number of amides is 2. The zero-order chi connectivity index (χ0) is 20.5. The molecule has 28 heavy (non-hydrogen) atoms. The highest BCUT2D eigenvalue weighted by molar-refractivity contribution is 7.98. The Morgan fingerprint density at radius 3 is 2.39 bits per heavy atom. The van der Waals surface area contributed by atoms with Gasteiger partial charge < -0.3 is 15.4 Å². The summed E-state index contributed by atoms with van der Waals surface area (Å²) in [7, 11) is 1.75. The molecule has 150 valence electrons. The first kappa shape index (κ1) is 21.8. The number of nitrogens with one attached hydrogen (secondary N) is 2. The van der Waals surface area contributed by atoms with Crippen LogP contribution in [0.4, 0.5) is 11.4 Å². The molecular formula is C21H27N3O3S. The van der Waals surface area contributed by atoms with Gasteiger partial charge >= 0.3 is 0 Å². The highest BCUT2D eigenvalue weighted by atomic mass is 32.2. The number of anilines is 2. The van der Waals surface area contributed by atoms with Gasteiger partial charge in [-0.05, 0) is 51.4 Å². The summed E-state index contributed by atoms with van der Waals surface area (Å²) in [5.41, 5.74) is 1.39. The van der Waals surface area contributed by atoms with Gasteiger partial charge in [-0.25, -0.2) is 0 Å². The van der Waals surface area contributed by atoms with Gasteiger partial charge in [0, 0.05) is 4.90 Å². The summed E-state index contributed by atoms with van der Waals surface area (Å²) in [6.07, 6.45) is 1.96. The number of likely N-dealkylation sites (N-methyl/N-ethyl adjacent to an activating group) is 1. The van der Waals surface area contributed by atoms with E-state index < -0.39 is 6.04 Å². The second-order valence-electron chi connectivity index (χ2n) is 6.26. The van der Waals surface area contributed by atoms with Gasteiger partial charge in [-0.1, -0.05) is 24.3 Å². The van der Waals surface area contributed by atoms with Crippen LogP contribution in [0.3, 0.4) is 0 Å². The minimum absolute atomic E-state index is 0.102. The SMILES string of the molecule is CCOc1ccccc1NC(=O)C(C)N(C)CC(=O)Nc1ccccc1SC. The van der Waals surface area contributed by atoms with Crippen molar-refractivity contribution >= 4 is 35.0 Å². The maximum absolute atomic E-state index is 12.6.